The van der Waals surface area contributed by atoms with Gasteiger partial charge in [0.2, 0.25) is 0 Å². The van der Waals surface area contributed by atoms with E-state index in [1.807, 2.05) is 0 Å². The Kier molecular flexibility index (Phi) is 3.82. The van der Waals surface area contributed by atoms with Gasteiger partial charge in [0.1, 0.15) is 5.69 Å². The van der Waals surface area contributed by atoms with Gasteiger partial charge in [0.25, 0.3) is 5.91 Å². The van der Waals surface area contributed by atoms with Crippen LogP contribution in [0.25, 0.3) is 0 Å². The summed E-state index contributed by atoms with van der Waals surface area (Å²) >= 11 is 0. The molecule has 0 saturated heterocycles. The quantitative estimate of drug-likeness (QED) is 0.832. The van der Waals surface area contributed by atoms with Gasteiger partial charge in [-0.25, -0.2) is 4.98 Å². The van der Waals surface area contributed by atoms with Crippen LogP contribution in [0.5, 0.6) is 0 Å². The number of rotatable bonds is 4. The molecule has 0 atom stereocenters. The molecular weight excluding hydrogens is 246 g/mol. The molecule has 1 aromatic carbocycles. The highest BCUT2D eigenvalue weighted by Gasteiger charge is 2.06. The third-order valence-electron chi connectivity index (χ3n) is 2.36. The maximum atomic E-state index is 11.8. The number of carbonyl (C=O) groups excluding carboxylic acids is 2. The number of amides is 1. The first-order chi connectivity index (χ1) is 9.15. The Morgan fingerprint density at radius 2 is 1.89 bits per heavy atom. The van der Waals surface area contributed by atoms with Crippen LogP contribution >= 0.6 is 0 Å². The molecule has 1 N–H and O–H groups in total. The van der Waals surface area contributed by atoms with Crippen molar-refractivity contribution in [2.24, 2.45) is 0 Å². The molecule has 19 heavy (non-hydrogen) atoms. The number of benzene rings is 1. The van der Waals surface area contributed by atoms with Gasteiger partial charge in [-0.3, -0.25) is 9.78 Å². The van der Waals surface area contributed by atoms with Crippen LogP contribution in [-0.2, 0) is 11.2 Å². The average Bonchev–Trinajstić information content (AvgIpc) is 2.41. The zero-order valence-corrected chi connectivity index (χ0v) is 9.87. The van der Waals surface area contributed by atoms with Crippen LogP contribution in [0.1, 0.15) is 16.1 Å². The van der Waals surface area contributed by atoms with E-state index in [9.17, 15) is 14.7 Å². The van der Waals surface area contributed by atoms with Gasteiger partial charge in [0, 0.05) is 30.5 Å². The van der Waals surface area contributed by atoms with Gasteiger partial charge >= 0.3 is 0 Å². The van der Waals surface area contributed by atoms with E-state index in [2.05, 4.69) is 15.3 Å². The van der Waals surface area contributed by atoms with E-state index < -0.39 is 5.97 Å². The third-order valence-corrected chi connectivity index (χ3v) is 2.36. The topological polar surface area (TPSA) is 95.0 Å². The minimum absolute atomic E-state index is 0.154. The van der Waals surface area contributed by atoms with Crippen molar-refractivity contribution < 1.29 is 14.7 Å². The third kappa shape index (κ3) is 3.60. The summed E-state index contributed by atoms with van der Waals surface area (Å²) in [6.07, 6.45) is 4.11. The molecule has 1 aromatic heterocycles. The number of carbonyl (C=O) groups is 2. The molecule has 0 radical (unpaired) electrons. The number of aliphatic carboxylic acids is 1. The van der Waals surface area contributed by atoms with Crippen LogP contribution in [-0.4, -0.2) is 21.8 Å². The van der Waals surface area contributed by atoms with Gasteiger partial charge in [-0.2, -0.15) is 0 Å². The van der Waals surface area contributed by atoms with Gasteiger partial charge in [-0.1, -0.05) is 12.1 Å². The molecule has 2 aromatic rings. The summed E-state index contributed by atoms with van der Waals surface area (Å²) in [5.74, 6) is -1.52. The predicted molar refractivity (Wildman–Crippen MR) is 65.1 cm³/mol. The molecule has 0 aliphatic rings. The molecule has 0 fully saturated rings. The first-order valence-electron chi connectivity index (χ1n) is 5.51. The van der Waals surface area contributed by atoms with E-state index in [1.54, 1.807) is 24.3 Å². The lowest BCUT2D eigenvalue weighted by Crippen LogP contribution is -2.24. The van der Waals surface area contributed by atoms with Crippen molar-refractivity contribution in [3.05, 3.63) is 54.1 Å². The lowest BCUT2D eigenvalue weighted by molar-refractivity contribution is -0.304. The van der Waals surface area contributed by atoms with Gasteiger partial charge in [-0.05, 0) is 17.7 Å². The van der Waals surface area contributed by atoms with Gasteiger partial charge in [0.05, 0.1) is 6.20 Å². The summed E-state index contributed by atoms with van der Waals surface area (Å²) < 4.78 is 0. The standard InChI is InChI=1S/C13H11N3O3/c17-12(18)7-9-1-3-10(4-2-9)16-13(19)11-8-14-5-6-15-11/h1-6,8H,7H2,(H,16,19)(H,17,18)/p-1. The second kappa shape index (κ2) is 5.72. The summed E-state index contributed by atoms with van der Waals surface area (Å²) in [4.78, 5) is 29.8. The maximum absolute atomic E-state index is 11.8. The van der Waals surface area contributed by atoms with E-state index in [-0.39, 0.29) is 18.0 Å². The van der Waals surface area contributed by atoms with Crippen molar-refractivity contribution in [1.82, 2.24) is 9.97 Å². The highest BCUT2D eigenvalue weighted by Crippen LogP contribution is 2.10. The van der Waals surface area contributed by atoms with E-state index >= 15 is 0 Å². The summed E-state index contributed by atoms with van der Waals surface area (Å²) in [7, 11) is 0. The van der Waals surface area contributed by atoms with E-state index in [4.69, 9.17) is 0 Å². The highest BCUT2D eigenvalue weighted by atomic mass is 16.4. The first kappa shape index (κ1) is 12.7. The van der Waals surface area contributed by atoms with E-state index in [0.717, 1.165) is 0 Å². The van der Waals surface area contributed by atoms with Gasteiger partial charge in [-0.15, -0.1) is 0 Å². The minimum atomic E-state index is -1.14. The second-order valence-electron chi connectivity index (χ2n) is 3.79. The normalized spacial score (nSPS) is 9.89. The van der Waals surface area contributed by atoms with E-state index in [1.165, 1.54) is 18.6 Å². The Hall–Kier alpha value is -2.76. The highest BCUT2D eigenvalue weighted by molar-refractivity contribution is 6.02. The first-order valence-corrected chi connectivity index (χ1v) is 5.51. The summed E-state index contributed by atoms with van der Waals surface area (Å²) in [5, 5.41) is 13.1. The largest absolute Gasteiger partial charge is 0.550 e. The number of anilines is 1. The molecule has 6 nitrogen and oxygen atoms in total. The van der Waals surface area contributed by atoms with Crippen LogP contribution in [0.15, 0.2) is 42.9 Å². The lowest BCUT2D eigenvalue weighted by atomic mass is 10.1. The number of carboxylic acids is 1. The molecule has 96 valence electrons. The zero-order valence-electron chi connectivity index (χ0n) is 9.87. The molecule has 0 aliphatic carbocycles. The number of aromatic nitrogens is 2. The number of hydrogen-bond acceptors (Lipinski definition) is 5. The van der Waals surface area contributed by atoms with Crippen LogP contribution in [0.3, 0.4) is 0 Å². The molecule has 0 bridgehead atoms. The summed E-state index contributed by atoms with van der Waals surface area (Å²) in [6.45, 7) is 0. The molecule has 0 saturated carbocycles. The predicted octanol–water partition coefficient (Wildman–Crippen LogP) is 0.0213. The minimum Gasteiger partial charge on any atom is -0.550 e. The molecule has 1 amide bonds. The lowest BCUT2D eigenvalue weighted by Gasteiger charge is -2.06. The number of nitrogens with zero attached hydrogens (tertiary/aromatic N) is 2. The van der Waals surface area contributed by atoms with Crippen molar-refractivity contribution in [2.75, 3.05) is 5.32 Å². The Morgan fingerprint density at radius 3 is 2.47 bits per heavy atom. The number of hydrogen-bond donors (Lipinski definition) is 1. The van der Waals surface area contributed by atoms with Crippen LogP contribution in [0.4, 0.5) is 5.69 Å². The maximum Gasteiger partial charge on any atom is 0.275 e. The van der Waals surface area contributed by atoms with E-state index in [0.29, 0.717) is 11.3 Å². The smallest absolute Gasteiger partial charge is 0.275 e. The van der Waals surface area contributed by atoms with Crippen molar-refractivity contribution in [1.29, 1.82) is 0 Å². The zero-order chi connectivity index (χ0) is 13.7. The summed E-state index contributed by atoms with van der Waals surface area (Å²) in [6, 6.07) is 6.46. The van der Waals surface area contributed by atoms with Crippen molar-refractivity contribution in [3.63, 3.8) is 0 Å². The molecule has 6 heteroatoms. The van der Waals surface area contributed by atoms with Crippen molar-refractivity contribution >= 4 is 17.6 Å². The summed E-state index contributed by atoms with van der Waals surface area (Å²) in [5.41, 5.74) is 1.37. The molecule has 0 unspecified atom stereocenters. The molecular formula is C13H10N3O3-. The van der Waals surface area contributed by atoms with Crippen LogP contribution in [0, 0.1) is 0 Å². The van der Waals surface area contributed by atoms with Gasteiger partial charge in [0.15, 0.2) is 0 Å². The molecule has 0 aliphatic heterocycles. The average molecular weight is 256 g/mol. The number of nitrogens with one attached hydrogen (secondary N) is 1. The fourth-order valence-electron chi connectivity index (χ4n) is 1.48. The molecule has 2 rings (SSSR count). The van der Waals surface area contributed by atoms with Crippen molar-refractivity contribution in [2.45, 2.75) is 6.42 Å². The Balaban J connectivity index is 2.04. The monoisotopic (exact) mass is 256 g/mol. The fraction of sp³-hybridized carbons (Fsp3) is 0.0769. The fourth-order valence-corrected chi connectivity index (χ4v) is 1.48. The Labute approximate surface area is 109 Å². The SMILES string of the molecule is O=C([O-])Cc1ccc(NC(=O)c2cnccn2)cc1. The van der Waals surface area contributed by atoms with Crippen molar-refractivity contribution in [3.8, 4) is 0 Å². The molecule has 1 heterocycles. The number of carboxylic acid groups (broad SMARTS) is 1. The Bertz CT molecular complexity index is 582. The molecule has 0 spiro atoms. The van der Waals surface area contributed by atoms with Crippen LogP contribution < -0.4 is 10.4 Å². The van der Waals surface area contributed by atoms with Crippen LogP contribution in [0.2, 0.25) is 0 Å². The van der Waals surface area contributed by atoms with Gasteiger partial charge < -0.3 is 15.2 Å². The second-order valence-corrected chi connectivity index (χ2v) is 3.79. The Morgan fingerprint density at radius 1 is 1.16 bits per heavy atom.